The summed E-state index contributed by atoms with van der Waals surface area (Å²) >= 11 is 3.27. The molecule has 2 aromatic carbocycles. The number of rotatable bonds is 7. The number of benzene rings is 2. The van der Waals surface area contributed by atoms with Crippen molar-refractivity contribution in [1.82, 2.24) is 15.5 Å². The van der Waals surface area contributed by atoms with Crippen molar-refractivity contribution < 1.29 is 17.7 Å². The van der Waals surface area contributed by atoms with Gasteiger partial charge in [0.05, 0.1) is 11.4 Å². The van der Waals surface area contributed by atoms with E-state index in [1.807, 2.05) is 0 Å². The molecule has 8 nitrogen and oxygen atoms in total. The van der Waals surface area contributed by atoms with E-state index in [2.05, 4.69) is 36.1 Å². The zero-order chi connectivity index (χ0) is 20.4. The van der Waals surface area contributed by atoms with Gasteiger partial charge in [-0.1, -0.05) is 27.2 Å². The highest BCUT2D eigenvalue weighted by atomic mass is 79.9. The lowest BCUT2D eigenvalue weighted by atomic mass is 10.2. The van der Waals surface area contributed by atoms with Crippen LogP contribution in [0.4, 0.5) is 5.69 Å². The number of halogens is 1. The van der Waals surface area contributed by atoms with Crippen LogP contribution in [0.3, 0.4) is 0 Å². The van der Waals surface area contributed by atoms with E-state index in [-0.39, 0.29) is 23.0 Å². The average Bonchev–Trinajstić information content (AvgIpc) is 3.44. The Bertz CT molecular complexity index is 1140. The van der Waals surface area contributed by atoms with Crippen LogP contribution in [0.25, 0.3) is 0 Å². The van der Waals surface area contributed by atoms with E-state index in [0.29, 0.717) is 23.2 Å². The van der Waals surface area contributed by atoms with Gasteiger partial charge in [-0.3, -0.25) is 9.52 Å². The molecule has 0 unspecified atom stereocenters. The smallest absolute Gasteiger partial charge is 0.261 e. The Morgan fingerprint density at radius 3 is 2.66 bits per heavy atom. The van der Waals surface area contributed by atoms with E-state index < -0.39 is 10.0 Å². The third kappa shape index (κ3) is 4.83. The van der Waals surface area contributed by atoms with E-state index in [1.54, 1.807) is 30.3 Å². The van der Waals surface area contributed by atoms with E-state index in [9.17, 15) is 13.2 Å². The standard InChI is InChI=1S/C19H17BrN4O4S/c20-14-6-8-16(9-7-14)29(26,27)24-15-3-1-2-13(10-15)19(25)21-11-17-22-18(23-28-17)12-4-5-12/h1-3,6-10,12,24H,4-5,11H2,(H,21,25). The van der Waals surface area contributed by atoms with Gasteiger partial charge in [0.1, 0.15) is 0 Å². The summed E-state index contributed by atoms with van der Waals surface area (Å²) in [4.78, 5) is 16.8. The largest absolute Gasteiger partial charge is 0.343 e. The third-order valence-electron chi connectivity index (χ3n) is 4.33. The number of amides is 1. The first-order chi connectivity index (χ1) is 13.9. The highest BCUT2D eigenvalue weighted by Gasteiger charge is 2.28. The van der Waals surface area contributed by atoms with E-state index in [1.165, 1.54) is 18.2 Å². The normalized spacial score (nSPS) is 13.8. The minimum absolute atomic E-state index is 0.105. The third-order valence-corrected chi connectivity index (χ3v) is 6.25. The number of anilines is 1. The fraction of sp³-hybridized carbons (Fsp3) is 0.211. The van der Waals surface area contributed by atoms with Crippen LogP contribution in [-0.2, 0) is 16.6 Å². The van der Waals surface area contributed by atoms with Crippen molar-refractivity contribution in [2.24, 2.45) is 0 Å². The molecule has 0 atom stereocenters. The molecule has 3 aromatic rings. The summed E-state index contributed by atoms with van der Waals surface area (Å²) in [6, 6.07) is 12.5. The summed E-state index contributed by atoms with van der Waals surface area (Å²) in [6.45, 7) is 0.105. The van der Waals surface area contributed by atoms with Gasteiger partial charge in [-0.15, -0.1) is 0 Å². The maximum Gasteiger partial charge on any atom is 0.261 e. The van der Waals surface area contributed by atoms with Crippen molar-refractivity contribution >= 4 is 37.5 Å². The molecule has 150 valence electrons. The van der Waals surface area contributed by atoms with Gasteiger partial charge >= 0.3 is 0 Å². The zero-order valence-electron chi connectivity index (χ0n) is 15.1. The molecule has 0 aliphatic heterocycles. The second kappa shape index (κ2) is 7.96. The molecule has 0 bridgehead atoms. The highest BCUT2D eigenvalue weighted by molar-refractivity contribution is 9.10. The molecule has 1 aliphatic rings. The molecular weight excluding hydrogens is 460 g/mol. The van der Waals surface area contributed by atoms with Crippen molar-refractivity contribution in [2.45, 2.75) is 30.2 Å². The monoisotopic (exact) mass is 476 g/mol. The Labute approximate surface area is 175 Å². The first-order valence-corrected chi connectivity index (χ1v) is 11.2. The van der Waals surface area contributed by atoms with Crippen LogP contribution in [-0.4, -0.2) is 24.5 Å². The number of nitrogens with one attached hydrogen (secondary N) is 2. The van der Waals surface area contributed by atoms with Crippen LogP contribution >= 0.6 is 15.9 Å². The summed E-state index contributed by atoms with van der Waals surface area (Å²) in [5.41, 5.74) is 0.595. The second-order valence-electron chi connectivity index (χ2n) is 6.64. The van der Waals surface area contributed by atoms with Gasteiger partial charge in [-0.25, -0.2) is 8.42 Å². The SMILES string of the molecule is O=C(NCc1nc(C2CC2)no1)c1cccc(NS(=O)(=O)c2ccc(Br)cc2)c1. The van der Waals surface area contributed by atoms with E-state index in [0.717, 1.165) is 17.3 Å². The summed E-state index contributed by atoms with van der Waals surface area (Å²) in [7, 11) is -3.76. The molecule has 2 N–H and O–H groups in total. The predicted octanol–water partition coefficient (Wildman–Crippen LogP) is 3.44. The maximum absolute atomic E-state index is 12.5. The molecule has 1 aromatic heterocycles. The molecule has 0 saturated heterocycles. The Kier molecular flexibility index (Phi) is 5.37. The zero-order valence-corrected chi connectivity index (χ0v) is 17.5. The minimum Gasteiger partial charge on any atom is -0.343 e. The average molecular weight is 477 g/mol. The Morgan fingerprint density at radius 1 is 1.17 bits per heavy atom. The Morgan fingerprint density at radius 2 is 1.93 bits per heavy atom. The molecule has 29 heavy (non-hydrogen) atoms. The topological polar surface area (TPSA) is 114 Å². The number of hydrogen-bond donors (Lipinski definition) is 2. The van der Waals surface area contributed by atoms with Gasteiger partial charge in [0.25, 0.3) is 15.9 Å². The molecule has 10 heteroatoms. The van der Waals surface area contributed by atoms with Crippen LogP contribution in [0.5, 0.6) is 0 Å². The molecule has 1 aliphatic carbocycles. The van der Waals surface area contributed by atoms with Gasteiger partial charge in [-0.05, 0) is 55.3 Å². The fourth-order valence-electron chi connectivity index (χ4n) is 2.66. The van der Waals surface area contributed by atoms with Crippen LogP contribution < -0.4 is 10.0 Å². The summed E-state index contributed by atoms with van der Waals surface area (Å²) in [5.74, 6) is 1.02. The van der Waals surface area contributed by atoms with Crippen molar-refractivity contribution in [3.63, 3.8) is 0 Å². The maximum atomic E-state index is 12.5. The predicted molar refractivity (Wildman–Crippen MR) is 109 cm³/mol. The molecule has 1 fully saturated rings. The molecule has 1 saturated carbocycles. The molecule has 0 spiro atoms. The molecule has 0 radical (unpaired) electrons. The van der Waals surface area contributed by atoms with Gasteiger partial charge in [0.15, 0.2) is 5.82 Å². The first-order valence-electron chi connectivity index (χ1n) is 8.90. The molecular formula is C19H17BrN4O4S. The summed E-state index contributed by atoms with van der Waals surface area (Å²) < 4.78 is 33.4. The van der Waals surface area contributed by atoms with Crippen molar-refractivity contribution in [1.29, 1.82) is 0 Å². The lowest BCUT2D eigenvalue weighted by molar-refractivity contribution is 0.0946. The van der Waals surface area contributed by atoms with Gasteiger partial charge in [0.2, 0.25) is 5.89 Å². The number of aromatic nitrogens is 2. The Hall–Kier alpha value is -2.72. The number of carbonyl (C=O) groups is 1. The van der Waals surface area contributed by atoms with Crippen LogP contribution in [0.2, 0.25) is 0 Å². The number of hydrogen-bond acceptors (Lipinski definition) is 6. The summed E-state index contributed by atoms with van der Waals surface area (Å²) in [6.07, 6.45) is 2.13. The van der Waals surface area contributed by atoms with Gasteiger partial charge < -0.3 is 9.84 Å². The number of nitrogens with zero attached hydrogens (tertiary/aromatic N) is 2. The lowest BCUT2D eigenvalue weighted by Gasteiger charge is -2.10. The van der Waals surface area contributed by atoms with Gasteiger partial charge in [-0.2, -0.15) is 4.98 Å². The van der Waals surface area contributed by atoms with Crippen LogP contribution in [0.15, 0.2) is 62.4 Å². The quantitative estimate of drug-likeness (QED) is 0.539. The highest BCUT2D eigenvalue weighted by Crippen LogP contribution is 2.38. The van der Waals surface area contributed by atoms with Crippen molar-refractivity contribution in [2.75, 3.05) is 4.72 Å². The lowest BCUT2D eigenvalue weighted by Crippen LogP contribution is -2.23. The first kappa shape index (κ1) is 19.6. The van der Waals surface area contributed by atoms with E-state index >= 15 is 0 Å². The molecule has 1 heterocycles. The molecule has 1 amide bonds. The fourth-order valence-corrected chi connectivity index (χ4v) is 3.97. The molecule has 4 rings (SSSR count). The van der Waals surface area contributed by atoms with Crippen molar-refractivity contribution in [3.05, 3.63) is 70.3 Å². The van der Waals surface area contributed by atoms with Crippen LogP contribution in [0.1, 0.15) is 40.8 Å². The van der Waals surface area contributed by atoms with Crippen LogP contribution in [0, 0.1) is 0 Å². The minimum atomic E-state index is -3.76. The summed E-state index contributed by atoms with van der Waals surface area (Å²) in [5, 5.41) is 6.60. The van der Waals surface area contributed by atoms with E-state index in [4.69, 9.17) is 4.52 Å². The number of sulfonamides is 1. The van der Waals surface area contributed by atoms with Crippen molar-refractivity contribution in [3.8, 4) is 0 Å². The second-order valence-corrected chi connectivity index (χ2v) is 9.24. The number of carbonyl (C=O) groups excluding carboxylic acids is 1. The van der Waals surface area contributed by atoms with Gasteiger partial charge in [0, 0.05) is 21.6 Å². The Balaban J connectivity index is 1.41.